The molecule has 0 aliphatic heterocycles. The van der Waals surface area contributed by atoms with E-state index in [4.69, 9.17) is 4.74 Å². The molecule has 2 aromatic heterocycles. The van der Waals surface area contributed by atoms with Crippen molar-refractivity contribution in [2.45, 2.75) is 71.3 Å². The Kier molecular flexibility index (Phi) is 5.03. The summed E-state index contributed by atoms with van der Waals surface area (Å²) in [6.45, 7) is 4.63. The van der Waals surface area contributed by atoms with Crippen molar-refractivity contribution in [2.24, 2.45) is 5.41 Å². The second kappa shape index (κ2) is 7.74. The zero-order chi connectivity index (χ0) is 21.6. The van der Waals surface area contributed by atoms with E-state index in [1.165, 1.54) is 24.1 Å². The lowest BCUT2D eigenvalue weighted by molar-refractivity contribution is 0.0818. The fourth-order valence-electron chi connectivity index (χ4n) is 5.03. The number of carbonyl (C=O) groups is 1. The van der Waals surface area contributed by atoms with E-state index in [9.17, 15) is 4.79 Å². The predicted molar refractivity (Wildman–Crippen MR) is 123 cm³/mol. The summed E-state index contributed by atoms with van der Waals surface area (Å²) in [7, 11) is 1.78. The first-order valence-electron chi connectivity index (χ1n) is 11.5. The maximum absolute atomic E-state index is 12.6. The molecule has 1 aromatic carbocycles. The van der Waals surface area contributed by atoms with Crippen LogP contribution in [0.3, 0.4) is 0 Å². The van der Waals surface area contributed by atoms with Crippen LogP contribution >= 0.6 is 0 Å². The van der Waals surface area contributed by atoms with Crippen LogP contribution in [0.5, 0.6) is 0 Å². The molecule has 0 unspecified atom stereocenters. The van der Waals surface area contributed by atoms with Crippen molar-refractivity contribution >= 4 is 22.7 Å². The minimum atomic E-state index is -0.276. The summed E-state index contributed by atoms with van der Waals surface area (Å²) in [5.41, 5.74) is 6.79. The van der Waals surface area contributed by atoms with E-state index in [-0.39, 0.29) is 12.2 Å². The summed E-state index contributed by atoms with van der Waals surface area (Å²) in [5.74, 6) is 0. The van der Waals surface area contributed by atoms with Gasteiger partial charge in [-0.05, 0) is 68.6 Å². The van der Waals surface area contributed by atoms with Gasteiger partial charge in [0.15, 0.2) is 0 Å². The van der Waals surface area contributed by atoms with Gasteiger partial charge in [-0.3, -0.25) is 10.00 Å². The monoisotopic (exact) mass is 420 g/mol. The van der Waals surface area contributed by atoms with Crippen molar-refractivity contribution in [1.82, 2.24) is 15.2 Å². The Balaban J connectivity index is 1.37. The van der Waals surface area contributed by atoms with Gasteiger partial charge in [0.2, 0.25) is 0 Å². The molecule has 31 heavy (non-hydrogen) atoms. The SMILES string of the molecule is CN(C(=O)OC1CCCCC1)c1ccc2cc(-c3n[nH]c4c3CCC(C)(C)C4)[nH]c2c1. The highest BCUT2D eigenvalue weighted by atomic mass is 16.6. The molecule has 0 radical (unpaired) electrons. The number of hydrogen-bond acceptors (Lipinski definition) is 3. The van der Waals surface area contributed by atoms with Crippen LogP contribution in [0.1, 0.15) is 63.6 Å². The van der Waals surface area contributed by atoms with Gasteiger partial charge in [-0.2, -0.15) is 5.10 Å². The summed E-state index contributed by atoms with van der Waals surface area (Å²) in [6, 6.07) is 8.20. The maximum atomic E-state index is 12.6. The van der Waals surface area contributed by atoms with Crippen LogP contribution in [0, 0.1) is 5.41 Å². The fourth-order valence-corrected chi connectivity index (χ4v) is 5.03. The molecule has 3 aromatic rings. The highest BCUT2D eigenvalue weighted by molar-refractivity contribution is 5.93. The van der Waals surface area contributed by atoms with E-state index in [1.807, 2.05) is 12.1 Å². The normalized spacial score (nSPS) is 18.7. The number of amides is 1. The third-order valence-corrected chi connectivity index (χ3v) is 7.00. The fraction of sp³-hybridized carbons (Fsp3) is 0.520. The third kappa shape index (κ3) is 3.95. The average molecular weight is 421 g/mol. The molecule has 6 heteroatoms. The largest absolute Gasteiger partial charge is 0.446 e. The summed E-state index contributed by atoms with van der Waals surface area (Å²) in [6.07, 6.45) is 8.52. The van der Waals surface area contributed by atoms with Gasteiger partial charge in [-0.1, -0.05) is 26.3 Å². The number of nitrogens with one attached hydrogen (secondary N) is 2. The van der Waals surface area contributed by atoms with Gasteiger partial charge in [0.05, 0.1) is 5.69 Å². The van der Waals surface area contributed by atoms with E-state index in [0.717, 1.165) is 66.5 Å². The molecule has 2 N–H and O–H groups in total. The molecule has 6 nitrogen and oxygen atoms in total. The van der Waals surface area contributed by atoms with Gasteiger partial charge in [0.25, 0.3) is 0 Å². The van der Waals surface area contributed by atoms with E-state index in [1.54, 1.807) is 11.9 Å². The summed E-state index contributed by atoms with van der Waals surface area (Å²) >= 11 is 0. The lowest BCUT2D eigenvalue weighted by atomic mass is 9.76. The van der Waals surface area contributed by atoms with Gasteiger partial charge in [-0.15, -0.1) is 0 Å². The highest BCUT2D eigenvalue weighted by Crippen LogP contribution is 2.38. The van der Waals surface area contributed by atoms with Gasteiger partial charge < -0.3 is 9.72 Å². The van der Waals surface area contributed by atoms with Crippen LogP contribution in [-0.4, -0.2) is 34.4 Å². The standard InChI is InChI=1S/C25H32N4O2/c1-25(2)12-11-19-22(15-25)27-28-23(19)21-13-16-9-10-17(14-20(16)26-21)29(3)24(30)31-18-7-5-4-6-8-18/h9-10,13-14,18,26H,4-8,11-12,15H2,1-3H3,(H,27,28). The van der Waals surface area contributed by atoms with Crippen molar-refractivity contribution in [3.8, 4) is 11.4 Å². The molecule has 1 saturated carbocycles. The van der Waals surface area contributed by atoms with Crippen LogP contribution in [0.2, 0.25) is 0 Å². The Morgan fingerprint density at radius 2 is 2.00 bits per heavy atom. The molecule has 0 saturated heterocycles. The smallest absolute Gasteiger partial charge is 0.414 e. The molecule has 0 bridgehead atoms. The second-order valence-corrected chi connectivity index (χ2v) is 10.0. The number of rotatable bonds is 3. The Labute approximate surface area is 183 Å². The molecule has 164 valence electrons. The molecule has 0 atom stereocenters. The highest BCUT2D eigenvalue weighted by Gasteiger charge is 2.29. The summed E-state index contributed by atoms with van der Waals surface area (Å²) < 4.78 is 5.73. The van der Waals surface area contributed by atoms with Crippen molar-refractivity contribution in [3.05, 3.63) is 35.5 Å². The van der Waals surface area contributed by atoms with Crippen LogP contribution in [0.25, 0.3) is 22.3 Å². The van der Waals surface area contributed by atoms with E-state index < -0.39 is 0 Å². The molecule has 5 rings (SSSR count). The number of hydrogen-bond donors (Lipinski definition) is 2. The number of aromatic nitrogens is 3. The number of fused-ring (bicyclic) bond motifs is 2. The lowest BCUT2D eigenvalue weighted by Gasteiger charge is -2.28. The van der Waals surface area contributed by atoms with Crippen molar-refractivity contribution in [1.29, 1.82) is 0 Å². The zero-order valence-electron chi connectivity index (χ0n) is 18.8. The predicted octanol–water partition coefficient (Wildman–Crippen LogP) is 5.98. The Hall–Kier alpha value is -2.76. The second-order valence-electron chi connectivity index (χ2n) is 10.0. The van der Waals surface area contributed by atoms with Crippen LogP contribution in [0.4, 0.5) is 10.5 Å². The molecule has 2 aliphatic rings. The third-order valence-electron chi connectivity index (χ3n) is 7.00. The number of benzene rings is 1. The number of anilines is 1. The first-order valence-corrected chi connectivity index (χ1v) is 11.5. The molecular formula is C25H32N4O2. The van der Waals surface area contributed by atoms with Crippen molar-refractivity contribution in [3.63, 3.8) is 0 Å². The van der Waals surface area contributed by atoms with Crippen molar-refractivity contribution < 1.29 is 9.53 Å². The van der Waals surface area contributed by atoms with E-state index in [0.29, 0.717) is 5.41 Å². The maximum Gasteiger partial charge on any atom is 0.414 e. The topological polar surface area (TPSA) is 74.0 Å². The molecule has 1 fully saturated rings. The Morgan fingerprint density at radius 3 is 2.81 bits per heavy atom. The quantitative estimate of drug-likeness (QED) is 0.547. The summed E-state index contributed by atoms with van der Waals surface area (Å²) in [5, 5.41) is 9.02. The van der Waals surface area contributed by atoms with Crippen molar-refractivity contribution in [2.75, 3.05) is 11.9 Å². The first-order chi connectivity index (χ1) is 14.9. The lowest BCUT2D eigenvalue weighted by Crippen LogP contribution is -2.31. The van der Waals surface area contributed by atoms with Gasteiger partial charge in [-0.25, -0.2) is 4.79 Å². The molecular weight excluding hydrogens is 388 g/mol. The molecule has 0 spiro atoms. The minimum Gasteiger partial charge on any atom is -0.446 e. The number of H-pyrrole nitrogens is 2. The molecule has 2 aliphatic carbocycles. The van der Waals surface area contributed by atoms with Crippen LogP contribution in [0.15, 0.2) is 24.3 Å². The summed E-state index contributed by atoms with van der Waals surface area (Å²) in [4.78, 5) is 17.8. The van der Waals surface area contributed by atoms with E-state index in [2.05, 4.69) is 41.2 Å². The molecule has 1 amide bonds. The number of nitrogens with zero attached hydrogens (tertiary/aromatic N) is 2. The number of aromatic amines is 2. The number of carbonyl (C=O) groups excluding carboxylic acids is 1. The Bertz CT molecular complexity index is 1100. The van der Waals surface area contributed by atoms with Gasteiger partial charge in [0.1, 0.15) is 11.8 Å². The van der Waals surface area contributed by atoms with Gasteiger partial charge in [0, 0.05) is 34.9 Å². The Morgan fingerprint density at radius 1 is 1.19 bits per heavy atom. The van der Waals surface area contributed by atoms with Gasteiger partial charge >= 0.3 is 6.09 Å². The minimum absolute atomic E-state index is 0.0559. The van der Waals surface area contributed by atoms with Crippen LogP contribution in [-0.2, 0) is 17.6 Å². The first kappa shape index (κ1) is 20.2. The zero-order valence-corrected chi connectivity index (χ0v) is 18.8. The number of ether oxygens (including phenoxy) is 1. The average Bonchev–Trinajstić information content (AvgIpc) is 3.35. The van der Waals surface area contributed by atoms with Crippen LogP contribution < -0.4 is 4.90 Å². The molecule has 2 heterocycles. The van der Waals surface area contributed by atoms with E-state index >= 15 is 0 Å².